The molecule has 0 amide bonds. The molecule has 1 aromatic carbocycles. The number of morpholine rings is 1. The third kappa shape index (κ3) is 3.54. The lowest BCUT2D eigenvalue weighted by Crippen LogP contribution is -2.37. The fourth-order valence-electron chi connectivity index (χ4n) is 2.76. The van der Waals surface area contributed by atoms with Gasteiger partial charge in [0, 0.05) is 31.1 Å². The van der Waals surface area contributed by atoms with Crippen molar-refractivity contribution in [2.75, 3.05) is 26.3 Å². The summed E-state index contributed by atoms with van der Waals surface area (Å²) < 4.78 is 5.43. The fraction of sp³-hybridized carbons (Fsp3) is 0.529. The van der Waals surface area contributed by atoms with Gasteiger partial charge in [-0.3, -0.25) is 4.90 Å². The smallest absolute Gasteiger partial charge is 0.147 e. The zero-order chi connectivity index (χ0) is 15.4. The van der Waals surface area contributed by atoms with Gasteiger partial charge in [-0.2, -0.15) is 0 Å². The number of hydrogen-bond donors (Lipinski definition) is 0. The summed E-state index contributed by atoms with van der Waals surface area (Å²) >= 11 is 1.70. The van der Waals surface area contributed by atoms with Gasteiger partial charge in [0.1, 0.15) is 10.0 Å². The summed E-state index contributed by atoms with van der Waals surface area (Å²) in [5.41, 5.74) is 2.52. The Morgan fingerprint density at radius 1 is 1.18 bits per heavy atom. The molecular weight excluding hydrogens is 294 g/mol. The van der Waals surface area contributed by atoms with Crippen LogP contribution >= 0.6 is 11.3 Å². The van der Waals surface area contributed by atoms with Crippen molar-refractivity contribution in [3.8, 4) is 10.6 Å². The van der Waals surface area contributed by atoms with E-state index in [2.05, 4.69) is 53.2 Å². The first-order chi connectivity index (χ1) is 10.8. The average Bonchev–Trinajstić information content (AvgIpc) is 3.04. The zero-order valence-corrected chi connectivity index (χ0v) is 14.1. The number of nitrogens with zero attached hydrogens (tertiary/aromatic N) is 3. The minimum absolute atomic E-state index is 0.433. The summed E-state index contributed by atoms with van der Waals surface area (Å²) in [6.45, 7) is 8.15. The van der Waals surface area contributed by atoms with E-state index in [-0.39, 0.29) is 0 Å². The molecule has 0 aliphatic carbocycles. The third-order valence-electron chi connectivity index (χ3n) is 4.16. The summed E-state index contributed by atoms with van der Waals surface area (Å²) in [5, 5.41) is 10.7. The highest BCUT2D eigenvalue weighted by Gasteiger charge is 2.18. The molecule has 1 fully saturated rings. The number of benzene rings is 1. The van der Waals surface area contributed by atoms with Crippen LogP contribution in [0.15, 0.2) is 24.3 Å². The molecule has 1 aromatic heterocycles. The van der Waals surface area contributed by atoms with Crippen LogP contribution in [0.2, 0.25) is 0 Å². The minimum atomic E-state index is 0.433. The number of hydrogen-bond acceptors (Lipinski definition) is 5. The predicted octanol–water partition coefficient (Wildman–Crippen LogP) is 3.55. The van der Waals surface area contributed by atoms with Crippen LogP contribution in [0.4, 0.5) is 0 Å². The fourth-order valence-corrected chi connectivity index (χ4v) is 3.71. The zero-order valence-electron chi connectivity index (χ0n) is 13.3. The van der Waals surface area contributed by atoms with E-state index in [0.29, 0.717) is 6.04 Å². The molecule has 1 aliphatic rings. The summed E-state index contributed by atoms with van der Waals surface area (Å²) in [4.78, 5) is 2.48. The van der Waals surface area contributed by atoms with E-state index in [1.165, 1.54) is 5.56 Å². The monoisotopic (exact) mass is 317 g/mol. The molecule has 1 aliphatic heterocycles. The Morgan fingerprint density at radius 2 is 1.91 bits per heavy atom. The van der Waals surface area contributed by atoms with Gasteiger partial charge in [0.2, 0.25) is 0 Å². The van der Waals surface area contributed by atoms with E-state index in [1.807, 2.05) is 0 Å². The summed E-state index contributed by atoms with van der Waals surface area (Å²) in [5.74, 6) is 0. The molecule has 3 rings (SSSR count). The van der Waals surface area contributed by atoms with E-state index in [1.54, 1.807) is 11.3 Å². The molecule has 5 heteroatoms. The Balaban J connectivity index is 1.71. The Kier molecular flexibility index (Phi) is 5.18. The minimum Gasteiger partial charge on any atom is -0.379 e. The summed E-state index contributed by atoms with van der Waals surface area (Å²) in [6.07, 6.45) is 2.13. The molecule has 0 saturated carbocycles. The molecule has 22 heavy (non-hydrogen) atoms. The van der Waals surface area contributed by atoms with Crippen LogP contribution < -0.4 is 0 Å². The number of aromatic nitrogens is 2. The van der Waals surface area contributed by atoms with Gasteiger partial charge in [0.25, 0.3) is 0 Å². The molecule has 0 bridgehead atoms. The maximum atomic E-state index is 5.43. The summed E-state index contributed by atoms with van der Waals surface area (Å²) in [6, 6.07) is 9.21. The van der Waals surface area contributed by atoms with E-state index in [4.69, 9.17) is 4.74 Å². The normalized spacial score (nSPS) is 17.5. The van der Waals surface area contributed by atoms with Gasteiger partial charge in [-0.15, -0.1) is 10.2 Å². The topological polar surface area (TPSA) is 38.2 Å². The van der Waals surface area contributed by atoms with Gasteiger partial charge in [0.05, 0.1) is 13.2 Å². The van der Waals surface area contributed by atoms with Crippen LogP contribution in [-0.4, -0.2) is 41.4 Å². The quantitative estimate of drug-likeness (QED) is 0.845. The molecule has 118 valence electrons. The molecule has 1 atom stereocenters. The van der Waals surface area contributed by atoms with Crippen molar-refractivity contribution in [1.82, 2.24) is 15.1 Å². The van der Waals surface area contributed by atoms with Crippen molar-refractivity contribution in [2.45, 2.75) is 32.7 Å². The molecule has 1 saturated heterocycles. The van der Waals surface area contributed by atoms with E-state index in [0.717, 1.165) is 54.7 Å². The maximum Gasteiger partial charge on any atom is 0.147 e. The van der Waals surface area contributed by atoms with Crippen molar-refractivity contribution >= 4 is 11.3 Å². The lowest BCUT2D eigenvalue weighted by molar-refractivity contribution is 0.0198. The Labute approximate surface area is 136 Å². The SMILES string of the molecule is CCCc1nnc(-c2ccc(C(C)N3CCOCC3)cc2)s1. The van der Waals surface area contributed by atoms with Crippen LogP contribution in [0.5, 0.6) is 0 Å². The number of aryl methyl sites for hydroxylation is 1. The largest absolute Gasteiger partial charge is 0.379 e. The second-order valence-electron chi connectivity index (χ2n) is 5.70. The van der Waals surface area contributed by atoms with E-state index < -0.39 is 0 Å². The second-order valence-corrected chi connectivity index (χ2v) is 6.76. The Morgan fingerprint density at radius 3 is 2.59 bits per heavy atom. The predicted molar refractivity (Wildman–Crippen MR) is 90.1 cm³/mol. The lowest BCUT2D eigenvalue weighted by atomic mass is 10.0. The molecule has 2 aromatic rings. The maximum absolute atomic E-state index is 5.43. The Bertz CT molecular complexity index is 590. The third-order valence-corrected chi connectivity index (χ3v) is 5.20. The molecule has 0 spiro atoms. The first kappa shape index (κ1) is 15.6. The highest BCUT2D eigenvalue weighted by Crippen LogP contribution is 2.27. The number of ether oxygens (including phenoxy) is 1. The van der Waals surface area contributed by atoms with Crippen LogP contribution in [0.25, 0.3) is 10.6 Å². The first-order valence-corrected chi connectivity index (χ1v) is 8.84. The molecule has 0 N–H and O–H groups in total. The molecular formula is C17H23N3OS. The van der Waals surface area contributed by atoms with Crippen molar-refractivity contribution in [2.24, 2.45) is 0 Å². The standard InChI is InChI=1S/C17H23N3OS/c1-3-4-16-18-19-17(22-16)15-7-5-14(6-8-15)13(2)20-9-11-21-12-10-20/h5-8,13H,3-4,9-12H2,1-2H3. The van der Waals surface area contributed by atoms with Gasteiger partial charge in [-0.05, 0) is 18.9 Å². The van der Waals surface area contributed by atoms with Crippen LogP contribution in [0.3, 0.4) is 0 Å². The van der Waals surface area contributed by atoms with Crippen molar-refractivity contribution in [3.63, 3.8) is 0 Å². The van der Waals surface area contributed by atoms with Crippen LogP contribution in [0, 0.1) is 0 Å². The van der Waals surface area contributed by atoms with E-state index in [9.17, 15) is 0 Å². The number of rotatable bonds is 5. The van der Waals surface area contributed by atoms with E-state index >= 15 is 0 Å². The molecule has 0 radical (unpaired) electrons. The highest BCUT2D eigenvalue weighted by molar-refractivity contribution is 7.14. The van der Waals surface area contributed by atoms with Gasteiger partial charge >= 0.3 is 0 Å². The molecule has 4 nitrogen and oxygen atoms in total. The van der Waals surface area contributed by atoms with Gasteiger partial charge in [-0.1, -0.05) is 42.5 Å². The van der Waals surface area contributed by atoms with Crippen molar-refractivity contribution in [1.29, 1.82) is 0 Å². The van der Waals surface area contributed by atoms with Crippen molar-refractivity contribution < 1.29 is 4.74 Å². The van der Waals surface area contributed by atoms with Crippen LogP contribution in [-0.2, 0) is 11.2 Å². The average molecular weight is 317 g/mol. The molecule has 1 unspecified atom stereocenters. The first-order valence-electron chi connectivity index (χ1n) is 8.02. The van der Waals surface area contributed by atoms with Crippen molar-refractivity contribution in [3.05, 3.63) is 34.8 Å². The van der Waals surface area contributed by atoms with Gasteiger partial charge in [-0.25, -0.2) is 0 Å². The molecule has 2 heterocycles. The van der Waals surface area contributed by atoms with Gasteiger partial charge in [0.15, 0.2) is 0 Å². The lowest BCUT2D eigenvalue weighted by Gasteiger charge is -2.32. The highest BCUT2D eigenvalue weighted by atomic mass is 32.1. The second kappa shape index (κ2) is 7.31. The Hall–Kier alpha value is -1.30. The summed E-state index contributed by atoms with van der Waals surface area (Å²) in [7, 11) is 0. The van der Waals surface area contributed by atoms with Gasteiger partial charge < -0.3 is 4.74 Å². The van der Waals surface area contributed by atoms with Crippen LogP contribution in [0.1, 0.15) is 36.9 Å².